The van der Waals surface area contributed by atoms with Crippen LogP contribution >= 0.6 is 12.8 Å². The third-order valence-electron chi connectivity index (χ3n) is 6.48. The van der Waals surface area contributed by atoms with Gasteiger partial charge < -0.3 is 9.30 Å². The summed E-state index contributed by atoms with van der Waals surface area (Å²) in [5, 5.41) is 3.57. The maximum Gasteiger partial charge on any atom is 0.333 e. The number of benzene rings is 1. The molecule has 0 spiro atoms. The molecule has 1 aliphatic carbocycles. The third-order valence-corrected chi connectivity index (χ3v) is 6.83. The van der Waals surface area contributed by atoms with Crippen LogP contribution in [0.15, 0.2) is 24.4 Å². The van der Waals surface area contributed by atoms with E-state index < -0.39 is 11.6 Å². The minimum absolute atomic E-state index is 0.159. The van der Waals surface area contributed by atoms with E-state index in [4.69, 9.17) is 4.74 Å². The summed E-state index contributed by atoms with van der Waals surface area (Å²) in [5.41, 5.74) is 3.35. The molecule has 4 rings (SSSR count). The van der Waals surface area contributed by atoms with Crippen molar-refractivity contribution < 1.29 is 14.3 Å². The van der Waals surface area contributed by atoms with Gasteiger partial charge in [-0.1, -0.05) is 24.9 Å². The van der Waals surface area contributed by atoms with E-state index in [1.807, 2.05) is 0 Å². The summed E-state index contributed by atoms with van der Waals surface area (Å²) in [7, 11) is 6.00. The van der Waals surface area contributed by atoms with E-state index in [9.17, 15) is 9.59 Å². The number of aryl methyl sites for hydroxylation is 1. The zero-order valence-electron chi connectivity index (χ0n) is 17.3. The van der Waals surface area contributed by atoms with E-state index in [2.05, 4.69) is 66.1 Å². The maximum atomic E-state index is 12.1. The minimum atomic E-state index is -0.492. The molecule has 2 aliphatic rings. The van der Waals surface area contributed by atoms with Crippen molar-refractivity contribution >= 4 is 35.7 Å². The summed E-state index contributed by atoms with van der Waals surface area (Å²) in [6.45, 7) is 2.58. The molecule has 1 aliphatic heterocycles. The number of fused-ring (bicyclic) bond motifs is 2. The van der Waals surface area contributed by atoms with E-state index in [-0.39, 0.29) is 17.9 Å². The predicted molar refractivity (Wildman–Crippen MR) is 115 cm³/mol. The van der Waals surface area contributed by atoms with Gasteiger partial charge in [-0.05, 0) is 43.0 Å². The van der Waals surface area contributed by atoms with Gasteiger partial charge in [0.25, 0.3) is 0 Å². The molecule has 3 amide bonds. The number of amides is 3. The Morgan fingerprint density at radius 3 is 2.83 bits per heavy atom. The number of hydrogen-bond acceptors (Lipinski definition) is 5. The lowest BCUT2D eigenvalue weighted by molar-refractivity contribution is -0.126. The first-order valence-electron chi connectivity index (χ1n) is 9.87. The van der Waals surface area contributed by atoms with Crippen molar-refractivity contribution in [2.24, 2.45) is 13.0 Å². The van der Waals surface area contributed by atoms with Crippen LogP contribution in [0.2, 0.25) is 0 Å². The van der Waals surface area contributed by atoms with Crippen LogP contribution in [-0.4, -0.2) is 59.0 Å². The number of likely N-dealkylation sites (tertiary alicyclic amines) is 1. The minimum Gasteiger partial charge on any atom is -0.372 e. The average molecular weight is 417 g/mol. The van der Waals surface area contributed by atoms with Gasteiger partial charge in [0.2, 0.25) is 5.91 Å². The number of urea groups is 1. The Morgan fingerprint density at radius 2 is 2.14 bits per heavy atom. The lowest BCUT2D eigenvalue weighted by Crippen LogP contribution is -2.60. The molecular formula is C21H28N4O3S. The highest BCUT2D eigenvalue weighted by atomic mass is 32.1. The van der Waals surface area contributed by atoms with Crippen LogP contribution in [-0.2, 0) is 28.6 Å². The number of thiol groups is 1. The maximum absolute atomic E-state index is 12.1. The summed E-state index contributed by atoms with van der Waals surface area (Å²) >= 11 is 4.32. The van der Waals surface area contributed by atoms with Crippen molar-refractivity contribution in [1.82, 2.24) is 19.1 Å². The molecule has 1 aromatic heterocycles. The Balaban J connectivity index is 1.69. The SMILES string of the molecule is CO[C@]12CC(CN(S)C(=O)NC(C)=O)CN(C)[C@@H]1Cc1cn(C)c3cccc2c13. The Hall–Kier alpha value is -2.03. The van der Waals surface area contributed by atoms with Gasteiger partial charge in [-0.25, -0.2) is 4.79 Å². The van der Waals surface area contributed by atoms with E-state index in [1.165, 1.54) is 33.3 Å². The molecule has 2 aromatic rings. The van der Waals surface area contributed by atoms with Crippen molar-refractivity contribution in [1.29, 1.82) is 0 Å². The van der Waals surface area contributed by atoms with Crippen molar-refractivity contribution in [2.75, 3.05) is 27.2 Å². The molecule has 1 saturated heterocycles. The molecule has 1 N–H and O–H groups in total. The Morgan fingerprint density at radius 1 is 1.38 bits per heavy atom. The number of aromatic nitrogens is 1. The van der Waals surface area contributed by atoms with Crippen LogP contribution in [0.4, 0.5) is 4.79 Å². The van der Waals surface area contributed by atoms with Gasteiger partial charge in [0.1, 0.15) is 5.60 Å². The van der Waals surface area contributed by atoms with E-state index in [1.54, 1.807) is 7.11 Å². The Labute approximate surface area is 176 Å². The largest absolute Gasteiger partial charge is 0.372 e. The summed E-state index contributed by atoms with van der Waals surface area (Å²) < 4.78 is 9.78. The number of hydrogen-bond donors (Lipinski definition) is 2. The molecule has 0 bridgehead atoms. The van der Waals surface area contributed by atoms with Gasteiger partial charge in [0.05, 0.1) is 0 Å². The van der Waals surface area contributed by atoms with E-state index >= 15 is 0 Å². The first-order valence-corrected chi connectivity index (χ1v) is 10.3. The summed E-state index contributed by atoms with van der Waals surface area (Å²) in [6.07, 6.45) is 3.95. The van der Waals surface area contributed by atoms with Gasteiger partial charge in [-0.3, -0.25) is 19.3 Å². The molecule has 0 radical (unpaired) electrons. The van der Waals surface area contributed by atoms with E-state index in [0.717, 1.165) is 19.4 Å². The molecule has 1 unspecified atom stereocenters. The second-order valence-corrected chi connectivity index (χ2v) is 8.84. The van der Waals surface area contributed by atoms with Gasteiger partial charge in [0.15, 0.2) is 0 Å². The summed E-state index contributed by atoms with van der Waals surface area (Å²) in [4.78, 5) is 25.7. The smallest absolute Gasteiger partial charge is 0.333 e. The highest BCUT2D eigenvalue weighted by Gasteiger charge is 2.51. The Kier molecular flexibility index (Phi) is 5.13. The zero-order chi connectivity index (χ0) is 20.9. The van der Waals surface area contributed by atoms with Crippen LogP contribution < -0.4 is 5.32 Å². The lowest BCUT2D eigenvalue weighted by atomic mass is 9.68. The third kappa shape index (κ3) is 3.23. The van der Waals surface area contributed by atoms with Gasteiger partial charge in [-0.15, -0.1) is 0 Å². The molecule has 3 atom stereocenters. The molecule has 7 nitrogen and oxygen atoms in total. The number of piperidine rings is 1. The molecule has 1 aromatic carbocycles. The van der Waals surface area contributed by atoms with Gasteiger partial charge in [-0.2, -0.15) is 0 Å². The number of carbonyl (C=O) groups excluding carboxylic acids is 2. The normalized spacial score (nSPS) is 26.2. The molecular weight excluding hydrogens is 388 g/mol. The van der Waals surface area contributed by atoms with Crippen LogP contribution in [0.25, 0.3) is 10.9 Å². The first-order chi connectivity index (χ1) is 13.8. The number of ether oxygens (including phenoxy) is 1. The standard InChI is InChI=1S/C21H28N4O3S/c1-13(26)22-20(27)25(29)11-14-9-21(28-4)16-6-5-7-17-19(16)15(12-23(17)2)8-18(21)24(3)10-14/h5-7,12,14,18,29H,8-11H2,1-4H3,(H,22,26,27)/t14?,18-,21+/m1/s1. The number of carbonyl (C=O) groups is 2. The predicted octanol–water partition coefficient (Wildman–Crippen LogP) is 2.30. The average Bonchev–Trinajstić information content (AvgIpc) is 2.99. The molecule has 1 fully saturated rings. The summed E-state index contributed by atoms with van der Waals surface area (Å²) in [6, 6.07) is 6.16. The number of imide groups is 1. The number of nitrogens with one attached hydrogen (secondary N) is 1. The van der Waals surface area contributed by atoms with Crippen LogP contribution in [0.5, 0.6) is 0 Å². The highest BCUT2D eigenvalue weighted by Crippen LogP contribution is 2.49. The Bertz CT molecular complexity index is 974. The molecule has 29 heavy (non-hydrogen) atoms. The van der Waals surface area contributed by atoms with Crippen molar-refractivity contribution in [3.05, 3.63) is 35.5 Å². The fourth-order valence-electron chi connectivity index (χ4n) is 5.38. The molecule has 0 saturated carbocycles. The number of likely N-dealkylation sites (N-methyl/N-ethyl adjacent to an activating group) is 1. The van der Waals surface area contributed by atoms with Crippen molar-refractivity contribution in [3.63, 3.8) is 0 Å². The second-order valence-electron chi connectivity index (χ2n) is 8.36. The molecule has 156 valence electrons. The fraction of sp³-hybridized carbons (Fsp3) is 0.524. The quantitative estimate of drug-likeness (QED) is 0.754. The fourth-order valence-corrected chi connectivity index (χ4v) is 5.66. The van der Waals surface area contributed by atoms with Crippen LogP contribution in [0.1, 0.15) is 24.5 Å². The zero-order valence-corrected chi connectivity index (χ0v) is 18.2. The van der Waals surface area contributed by atoms with Crippen LogP contribution in [0.3, 0.4) is 0 Å². The monoisotopic (exact) mass is 416 g/mol. The molecule has 2 heterocycles. The second kappa shape index (κ2) is 7.34. The van der Waals surface area contributed by atoms with Crippen LogP contribution in [0, 0.1) is 5.92 Å². The lowest BCUT2D eigenvalue weighted by Gasteiger charge is -2.53. The number of rotatable bonds is 3. The highest BCUT2D eigenvalue weighted by molar-refractivity contribution is 7.78. The number of methoxy groups -OCH3 is 1. The topological polar surface area (TPSA) is 66.8 Å². The first kappa shape index (κ1) is 20.3. The van der Waals surface area contributed by atoms with Crippen molar-refractivity contribution in [2.45, 2.75) is 31.4 Å². The van der Waals surface area contributed by atoms with E-state index in [0.29, 0.717) is 6.54 Å². The summed E-state index contributed by atoms with van der Waals surface area (Å²) in [5.74, 6) is -0.231. The van der Waals surface area contributed by atoms with Crippen molar-refractivity contribution in [3.8, 4) is 0 Å². The van der Waals surface area contributed by atoms with Gasteiger partial charge in [0, 0.05) is 57.3 Å². The number of nitrogens with zero attached hydrogens (tertiary/aromatic N) is 3. The molecule has 8 heteroatoms. The van der Waals surface area contributed by atoms with Gasteiger partial charge >= 0.3 is 6.03 Å².